The summed E-state index contributed by atoms with van der Waals surface area (Å²) in [6.07, 6.45) is 7.92. The highest BCUT2D eigenvalue weighted by atomic mass is 16.4. The first-order valence-electron chi connectivity index (χ1n) is 4.54. The molecule has 14 heavy (non-hydrogen) atoms. The number of allylic oxidation sites excluding steroid dienone is 4. The fourth-order valence-corrected chi connectivity index (χ4v) is 1.54. The Kier molecular flexibility index (Phi) is 2.45. The van der Waals surface area contributed by atoms with Gasteiger partial charge < -0.3 is 5.21 Å². The molecule has 2 heteroatoms. The summed E-state index contributed by atoms with van der Waals surface area (Å²) in [6.45, 7) is 0. The van der Waals surface area contributed by atoms with Crippen LogP contribution in [0.1, 0.15) is 5.56 Å². The van der Waals surface area contributed by atoms with Crippen LogP contribution in [0.15, 0.2) is 59.8 Å². The van der Waals surface area contributed by atoms with Crippen molar-refractivity contribution in [1.29, 1.82) is 0 Å². The Hall–Kier alpha value is -1.83. The lowest BCUT2D eigenvalue weighted by molar-refractivity contribution is 0.317. The van der Waals surface area contributed by atoms with E-state index in [0.717, 1.165) is 5.56 Å². The number of benzene rings is 1. The van der Waals surface area contributed by atoms with Gasteiger partial charge in [0.25, 0.3) is 0 Å². The third-order valence-corrected chi connectivity index (χ3v) is 2.24. The predicted molar refractivity (Wildman–Crippen MR) is 56.5 cm³/mol. The molecule has 0 aromatic heterocycles. The van der Waals surface area contributed by atoms with Crippen molar-refractivity contribution in [2.45, 2.75) is 0 Å². The summed E-state index contributed by atoms with van der Waals surface area (Å²) >= 11 is 0. The highest BCUT2D eigenvalue weighted by Gasteiger charge is 2.14. The second-order valence-electron chi connectivity index (χ2n) is 3.15. The van der Waals surface area contributed by atoms with Gasteiger partial charge in [-0.05, 0) is 0 Å². The number of rotatable bonds is 2. The molecule has 0 aliphatic heterocycles. The summed E-state index contributed by atoms with van der Waals surface area (Å²) in [5.74, 6) is 0.0994. The van der Waals surface area contributed by atoms with Crippen LogP contribution < -0.4 is 0 Å². The lowest BCUT2D eigenvalue weighted by Gasteiger charge is -2.07. The van der Waals surface area contributed by atoms with Gasteiger partial charge in [0.2, 0.25) is 0 Å². The predicted octanol–water partition coefficient (Wildman–Crippen LogP) is 2.61. The first kappa shape index (κ1) is 8.75. The van der Waals surface area contributed by atoms with Crippen LogP contribution >= 0.6 is 0 Å². The number of hydrogen-bond acceptors (Lipinski definition) is 2. The fourth-order valence-electron chi connectivity index (χ4n) is 1.54. The zero-order valence-corrected chi connectivity index (χ0v) is 7.67. The molecule has 0 saturated carbocycles. The minimum absolute atomic E-state index is 0.0994. The standard InChI is InChI=1S/C12H11NO/c14-13-12(11-8-4-5-9-11)10-6-2-1-3-7-10/h1-9,11,14H/b13-12-. The van der Waals surface area contributed by atoms with Crippen LogP contribution in [0.25, 0.3) is 0 Å². The Morgan fingerprint density at radius 2 is 1.71 bits per heavy atom. The third kappa shape index (κ3) is 1.59. The highest BCUT2D eigenvalue weighted by Crippen LogP contribution is 2.16. The van der Waals surface area contributed by atoms with E-state index in [9.17, 15) is 0 Å². The van der Waals surface area contributed by atoms with Gasteiger partial charge in [-0.3, -0.25) is 0 Å². The summed E-state index contributed by atoms with van der Waals surface area (Å²) < 4.78 is 0. The number of hydrogen-bond donors (Lipinski definition) is 1. The topological polar surface area (TPSA) is 32.6 Å². The van der Waals surface area contributed by atoms with Crippen molar-refractivity contribution in [2.75, 3.05) is 0 Å². The maximum Gasteiger partial charge on any atom is 0.0974 e. The van der Waals surface area contributed by atoms with Gasteiger partial charge in [-0.2, -0.15) is 0 Å². The van der Waals surface area contributed by atoms with Gasteiger partial charge in [-0.15, -0.1) is 0 Å². The van der Waals surface area contributed by atoms with Crippen molar-refractivity contribution >= 4 is 5.71 Å². The van der Waals surface area contributed by atoms with Crippen LogP contribution in [0.2, 0.25) is 0 Å². The molecule has 0 bridgehead atoms. The van der Waals surface area contributed by atoms with Crippen LogP contribution in [0, 0.1) is 5.92 Å². The van der Waals surface area contributed by atoms with Gasteiger partial charge in [0, 0.05) is 11.5 Å². The van der Waals surface area contributed by atoms with E-state index in [4.69, 9.17) is 5.21 Å². The maximum absolute atomic E-state index is 8.96. The summed E-state index contributed by atoms with van der Waals surface area (Å²) in [6, 6.07) is 9.69. The zero-order valence-electron chi connectivity index (χ0n) is 7.67. The quantitative estimate of drug-likeness (QED) is 0.428. The van der Waals surface area contributed by atoms with Crippen LogP contribution in [-0.4, -0.2) is 10.9 Å². The third-order valence-electron chi connectivity index (χ3n) is 2.24. The van der Waals surface area contributed by atoms with Crippen LogP contribution in [0.3, 0.4) is 0 Å². The molecule has 0 atom stereocenters. The van der Waals surface area contributed by atoms with E-state index < -0.39 is 0 Å². The lowest BCUT2D eigenvalue weighted by atomic mass is 9.98. The SMILES string of the molecule is O/N=C(/c1ccccc1)C1C=CC=C1. The first-order chi connectivity index (χ1) is 6.92. The Balaban J connectivity index is 2.32. The highest BCUT2D eigenvalue weighted by molar-refractivity contribution is 6.04. The molecule has 0 spiro atoms. The van der Waals surface area contributed by atoms with Crippen molar-refractivity contribution in [3.05, 3.63) is 60.2 Å². The summed E-state index contributed by atoms with van der Waals surface area (Å²) in [5.41, 5.74) is 1.65. The Labute approximate surface area is 82.9 Å². The molecule has 0 unspecified atom stereocenters. The largest absolute Gasteiger partial charge is 0.411 e. The molecule has 1 N–H and O–H groups in total. The molecule has 0 saturated heterocycles. The minimum atomic E-state index is 0.0994. The fraction of sp³-hybridized carbons (Fsp3) is 0.0833. The molecule has 0 radical (unpaired) electrons. The molecule has 0 amide bonds. The Morgan fingerprint density at radius 3 is 2.29 bits per heavy atom. The lowest BCUT2D eigenvalue weighted by Crippen LogP contribution is -2.10. The molecule has 2 rings (SSSR count). The van der Waals surface area contributed by atoms with Crippen molar-refractivity contribution in [1.82, 2.24) is 0 Å². The molecule has 1 aliphatic carbocycles. The van der Waals surface area contributed by atoms with Gasteiger partial charge in [0.1, 0.15) is 0 Å². The summed E-state index contributed by atoms with van der Waals surface area (Å²) in [4.78, 5) is 0. The normalized spacial score (nSPS) is 16.4. The maximum atomic E-state index is 8.96. The van der Waals surface area contributed by atoms with E-state index >= 15 is 0 Å². The molecule has 1 aromatic rings. The Bertz CT molecular complexity index is 378. The van der Waals surface area contributed by atoms with Crippen LogP contribution in [0.5, 0.6) is 0 Å². The molecular weight excluding hydrogens is 174 g/mol. The smallest absolute Gasteiger partial charge is 0.0974 e. The molecule has 70 valence electrons. The van der Waals surface area contributed by atoms with E-state index in [1.54, 1.807) is 0 Å². The minimum Gasteiger partial charge on any atom is -0.411 e. The van der Waals surface area contributed by atoms with Gasteiger partial charge in [0.15, 0.2) is 0 Å². The average Bonchev–Trinajstić information content (AvgIpc) is 2.74. The van der Waals surface area contributed by atoms with Gasteiger partial charge in [-0.1, -0.05) is 59.8 Å². The molecule has 2 nitrogen and oxygen atoms in total. The van der Waals surface area contributed by atoms with E-state index in [2.05, 4.69) is 5.16 Å². The second-order valence-corrected chi connectivity index (χ2v) is 3.15. The monoisotopic (exact) mass is 185 g/mol. The van der Waals surface area contributed by atoms with Crippen LogP contribution in [0.4, 0.5) is 0 Å². The van der Waals surface area contributed by atoms with Crippen molar-refractivity contribution in [3.8, 4) is 0 Å². The Morgan fingerprint density at radius 1 is 1.07 bits per heavy atom. The number of oxime groups is 1. The van der Waals surface area contributed by atoms with Gasteiger partial charge >= 0.3 is 0 Å². The molecular formula is C12H11NO. The van der Waals surface area contributed by atoms with E-state index in [1.807, 2.05) is 54.6 Å². The zero-order chi connectivity index (χ0) is 9.80. The summed E-state index contributed by atoms with van der Waals surface area (Å²) in [5, 5.41) is 12.3. The molecule has 1 aliphatic rings. The van der Waals surface area contributed by atoms with Crippen molar-refractivity contribution < 1.29 is 5.21 Å². The van der Waals surface area contributed by atoms with Crippen molar-refractivity contribution in [2.24, 2.45) is 11.1 Å². The average molecular weight is 185 g/mol. The first-order valence-corrected chi connectivity index (χ1v) is 4.54. The second kappa shape index (κ2) is 3.92. The van der Waals surface area contributed by atoms with E-state index in [0.29, 0.717) is 5.71 Å². The molecule has 0 heterocycles. The molecule has 0 fully saturated rings. The van der Waals surface area contributed by atoms with Gasteiger partial charge in [0.05, 0.1) is 5.71 Å². The van der Waals surface area contributed by atoms with Crippen molar-refractivity contribution in [3.63, 3.8) is 0 Å². The molecule has 1 aromatic carbocycles. The summed E-state index contributed by atoms with van der Waals surface area (Å²) in [7, 11) is 0. The number of nitrogens with zero attached hydrogens (tertiary/aromatic N) is 1. The van der Waals surface area contributed by atoms with E-state index in [-0.39, 0.29) is 5.92 Å². The van der Waals surface area contributed by atoms with E-state index in [1.165, 1.54) is 0 Å². The van der Waals surface area contributed by atoms with Crippen LogP contribution in [-0.2, 0) is 0 Å². The van der Waals surface area contributed by atoms with Gasteiger partial charge in [-0.25, -0.2) is 0 Å².